The molecule has 8 nitrogen and oxygen atoms in total. The molecule has 1 amide bonds. The Morgan fingerprint density at radius 2 is 2.07 bits per heavy atom. The summed E-state index contributed by atoms with van der Waals surface area (Å²) in [6.45, 7) is 1.26. The number of halogens is 1. The van der Waals surface area contributed by atoms with E-state index in [9.17, 15) is 9.18 Å². The topological polar surface area (TPSA) is 96.9 Å². The molecule has 3 heterocycles. The summed E-state index contributed by atoms with van der Waals surface area (Å²) in [5.74, 6) is -0.184. The van der Waals surface area contributed by atoms with Gasteiger partial charge in [-0.2, -0.15) is 15.3 Å². The second kappa shape index (κ2) is 7.23. The molecular formula is C19H17FN6O2. The molecule has 9 heteroatoms. The number of hydrogen-bond donors (Lipinski definition) is 0. The average Bonchev–Trinajstić information content (AvgIpc) is 3.05. The maximum absolute atomic E-state index is 14.6. The quantitative estimate of drug-likeness (QED) is 0.643. The Bertz CT molecular complexity index is 1080. The Morgan fingerprint density at radius 1 is 1.29 bits per heavy atom. The van der Waals surface area contributed by atoms with Gasteiger partial charge in [-0.3, -0.25) is 9.48 Å². The lowest BCUT2D eigenvalue weighted by atomic mass is 10.1. The summed E-state index contributed by atoms with van der Waals surface area (Å²) in [5.41, 5.74) is 1.95. The summed E-state index contributed by atoms with van der Waals surface area (Å²) in [7, 11) is 1.70. The largest absolute Gasteiger partial charge is 0.473 e. The number of rotatable bonds is 4. The van der Waals surface area contributed by atoms with E-state index in [1.54, 1.807) is 24.1 Å². The predicted molar refractivity (Wildman–Crippen MR) is 97.7 cm³/mol. The molecule has 3 aromatic rings. The highest BCUT2D eigenvalue weighted by Gasteiger charge is 2.24. The van der Waals surface area contributed by atoms with E-state index in [0.29, 0.717) is 54.1 Å². The van der Waals surface area contributed by atoms with Gasteiger partial charge in [0, 0.05) is 38.5 Å². The number of hydrogen-bond acceptors (Lipinski definition) is 6. The third kappa shape index (κ3) is 3.13. The van der Waals surface area contributed by atoms with Crippen LogP contribution in [0, 0.1) is 17.1 Å². The summed E-state index contributed by atoms with van der Waals surface area (Å²) in [6.07, 6.45) is 3.54. The fourth-order valence-corrected chi connectivity index (χ4v) is 3.40. The number of likely N-dealkylation sites (tertiary alicyclic amines) is 1. The van der Waals surface area contributed by atoms with E-state index in [-0.39, 0.29) is 11.7 Å². The zero-order chi connectivity index (χ0) is 19.7. The molecule has 0 saturated carbocycles. The van der Waals surface area contributed by atoms with Crippen LogP contribution in [0.4, 0.5) is 4.39 Å². The lowest BCUT2D eigenvalue weighted by Crippen LogP contribution is -2.37. The highest BCUT2D eigenvalue weighted by Crippen LogP contribution is 2.32. The van der Waals surface area contributed by atoms with Crippen LogP contribution in [-0.2, 0) is 11.8 Å². The van der Waals surface area contributed by atoms with E-state index in [1.165, 1.54) is 17.1 Å². The molecule has 0 aliphatic carbocycles. The van der Waals surface area contributed by atoms with Gasteiger partial charge in [-0.25, -0.2) is 9.37 Å². The van der Waals surface area contributed by atoms with Crippen LogP contribution < -0.4 is 4.74 Å². The van der Waals surface area contributed by atoms with E-state index in [4.69, 9.17) is 10.00 Å². The van der Waals surface area contributed by atoms with Crippen LogP contribution in [0.1, 0.15) is 18.4 Å². The van der Waals surface area contributed by atoms with Gasteiger partial charge in [0.1, 0.15) is 23.8 Å². The number of aryl methyl sites for hydroxylation is 1. The van der Waals surface area contributed by atoms with E-state index in [1.807, 2.05) is 6.07 Å². The number of nitrogens with zero attached hydrogens (tertiary/aromatic N) is 6. The minimum Gasteiger partial charge on any atom is -0.473 e. The van der Waals surface area contributed by atoms with Crippen molar-refractivity contribution in [2.24, 2.45) is 7.05 Å². The molecule has 1 saturated heterocycles. The van der Waals surface area contributed by atoms with Crippen molar-refractivity contribution >= 4 is 17.4 Å². The van der Waals surface area contributed by atoms with Crippen LogP contribution in [0.25, 0.3) is 22.3 Å². The maximum atomic E-state index is 14.6. The van der Waals surface area contributed by atoms with Crippen LogP contribution in [0.3, 0.4) is 0 Å². The van der Waals surface area contributed by atoms with Gasteiger partial charge in [-0.1, -0.05) is 0 Å². The number of nitriles is 1. The summed E-state index contributed by atoms with van der Waals surface area (Å²) in [5, 5.41) is 13.4. The Kier molecular flexibility index (Phi) is 4.61. The molecule has 0 unspecified atom stereocenters. The van der Waals surface area contributed by atoms with E-state index in [0.717, 1.165) is 6.41 Å². The van der Waals surface area contributed by atoms with E-state index >= 15 is 0 Å². The predicted octanol–water partition coefficient (Wildman–Crippen LogP) is 2.04. The number of ether oxygens (including phenoxy) is 1. The van der Waals surface area contributed by atoms with Crippen molar-refractivity contribution in [1.82, 2.24) is 24.6 Å². The lowest BCUT2D eigenvalue weighted by molar-refractivity contribution is -0.119. The van der Waals surface area contributed by atoms with Gasteiger partial charge in [-0.15, -0.1) is 0 Å². The molecule has 1 aliphatic rings. The van der Waals surface area contributed by atoms with Gasteiger partial charge in [-0.05, 0) is 18.2 Å². The number of carbonyl (C=O) groups is 1. The SMILES string of the molecule is Cn1nc2c(OC3CCN(C=O)CC3)ncnc2c1-c1ccc(C#N)cc1F. The molecule has 0 bridgehead atoms. The van der Waals surface area contributed by atoms with Crippen molar-refractivity contribution in [2.45, 2.75) is 18.9 Å². The molecule has 0 spiro atoms. The highest BCUT2D eigenvalue weighted by atomic mass is 19.1. The Balaban J connectivity index is 1.70. The molecule has 0 atom stereocenters. The summed E-state index contributed by atoms with van der Waals surface area (Å²) in [4.78, 5) is 21.0. The third-order valence-electron chi connectivity index (χ3n) is 4.84. The first-order valence-electron chi connectivity index (χ1n) is 8.84. The average molecular weight is 380 g/mol. The second-order valence-electron chi connectivity index (χ2n) is 6.61. The first kappa shape index (κ1) is 17.9. The van der Waals surface area contributed by atoms with Crippen molar-refractivity contribution < 1.29 is 13.9 Å². The molecular weight excluding hydrogens is 363 g/mol. The Morgan fingerprint density at radius 3 is 2.75 bits per heavy atom. The number of benzene rings is 1. The smallest absolute Gasteiger partial charge is 0.245 e. The summed E-state index contributed by atoms with van der Waals surface area (Å²) in [6, 6.07) is 6.20. The number of fused-ring (bicyclic) bond motifs is 1. The molecule has 1 aromatic carbocycles. The van der Waals surface area contributed by atoms with Crippen molar-refractivity contribution in [3.63, 3.8) is 0 Å². The molecule has 142 valence electrons. The Hall–Kier alpha value is -3.54. The van der Waals surface area contributed by atoms with E-state index < -0.39 is 5.82 Å². The standard InChI is InChI=1S/C19H17FN6O2/c1-25-18(14-3-2-12(9-21)8-15(14)20)16-17(24-25)19(23-10-22-16)28-13-4-6-26(11-27)7-5-13/h2-3,8,10-11,13H,4-7H2,1H3. The normalized spacial score (nSPS) is 14.8. The number of piperidine rings is 1. The first-order chi connectivity index (χ1) is 13.6. The summed E-state index contributed by atoms with van der Waals surface area (Å²) >= 11 is 0. The molecule has 2 aromatic heterocycles. The van der Waals surface area contributed by atoms with Gasteiger partial charge in [0.05, 0.1) is 17.3 Å². The van der Waals surface area contributed by atoms with Crippen LogP contribution in [0.15, 0.2) is 24.5 Å². The third-order valence-corrected chi connectivity index (χ3v) is 4.84. The molecule has 1 aliphatic heterocycles. The van der Waals surface area contributed by atoms with Gasteiger partial charge >= 0.3 is 0 Å². The van der Waals surface area contributed by atoms with Crippen molar-refractivity contribution in [3.05, 3.63) is 35.9 Å². The maximum Gasteiger partial charge on any atom is 0.245 e. The van der Waals surface area contributed by atoms with Crippen molar-refractivity contribution in [1.29, 1.82) is 5.26 Å². The van der Waals surface area contributed by atoms with Gasteiger partial charge < -0.3 is 9.64 Å². The van der Waals surface area contributed by atoms with E-state index in [2.05, 4.69) is 15.1 Å². The number of amides is 1. The fraction of sp³-hybridized carbons (Fsp3) is 0.316. The lowest BCUT2D eigenvalue weighted by Gasteiger charge is -2.29. The molecule has 0 radical (unpaired) electrons. The molecule has 4 rings (SSSR count). The van der Waals surface area contributed by atoms with Crippen molar-refractivity contribution in [2.75, 3.05) is 13.1 Å². The monoisotopic (exact) mass is 380 g/mol. The van der Waals surface area contributed by atoms with Crippen LogP contribution in [-0.4, -0.2) is 50.3 Å². The molecule has 28 heavy (non-hydrogen) atoms. The minimum atomic E-state index is -0.522. The first-order valence-corrected chi connectivity index (χ1v) is 8.84. The minimum absolute atomic E-state index is 0.0774. The van der Waals surface area contributed by atoms with Gasteiger partial charge in [0.15, 0.2) is 5.52 Å². The number of aromatic nitrogens is 4. The fourth-order valence-electron chi connectivity index (χ4n) is 3.40. The zero-order valence-corrected chi connectivity index (χ0v) is 15.2. The van der Waals surface area contributed by atoms with Gasteiger partial charge in [0.2, 0.25) is 12.3 Å². The second-order valence-corrected chi connectivity index (χ2v) is 6.61. The zero-order valence-electron chi connectivity index (χ0n) is 15.2. The van der Waals surface area contributed by atoms with Crippen molar-refractivity contribution in [3.8, 4) is 23.2 Å². The van der Waals surface area contributed by atoms with Crippen LogP contribution >= 0.6 is 0 Å². The number of carbonyl (C=O) groups excluding carboxylic acids is 1. The van der Waals surface area contributed by atoms with Gasteiger partial charge in [0.25, 0.3) is 0 Å². The molecule has 1 fully saturated rings. The van der Waals surface area contributed by atoms with Crippen LogP contribution in [0.5, 0.6) is 5.88 Å². The molecule has 0 N–H and O–H groups in total. The van der Waals surface area contributed by atoms with Crippen LogP contribution in [0.2, 0.25) is 0 Å². The highest BCUT2D eigenvalue weighted by molar-refractivity contribution is 5.92. The Labute approximate surface area is 160 Å². The summed E-state index contributed by atoms with van der Waals surface area (Å²) < 4.78 is 22.1.